The molecule has 1 unspecified atom stereocenters. The van der Waals surface area contributed by atoms with Crippen LogP contribution in [0.4, 0.5) is 0 Å². The van der Waals surface area contributed by atoms with Gasteiger partial charge in [-0.3, -0.25) is 0 Å². The van der Waals surface area contributed by atoms with Crippen LogP contribution in [-0.2, 0) is 14.8 Å². The van der Waals surface area contributed by atoms with E-state index in [1.165, 1.54) is 4.31 Å². The summed E-state index contributed by atoms with van der Waals surface area (Å²) in [4.78, 5) is 0.364. The molecule has 5 heteroatoms. The van der Waals surface area contributed by atoms with Gasteiger partial charge >= 0.3 is 0 Å². The average molecular weight is 297 g/mol. The van der Waals surface area contributed by atoms with E-state index in [1.807, 2.05) is 12.1 Å². The lowest BCUT2D eigenvalue weighted by Gasteiger charge is -2.20. The third-order valence-electron chi connectivity index (χ3n) is 3.79. The van der Waals surface area contributed by atoms with E-state index in [1.54, 1.807) is 19.2 Å². The Morgan fingerprint density at radius 2 is 1.95 bits per heavy atom. The molecule has 0 radical (unpaired) electrons. The molecule has 2 rings (SSSR count). The lowest BCUT2D eigenvalue weighted by atomic mass is 10.0. The number of hydrogen-bond acceptors (Lipinski definition) is 3. The molecule has 1 fully saturated rings. The Kier molecular flexibility index (Phi) is 4.83. The number of sulfonamides is 1. The number of hydrogen-bond donors (Lipinski definition) is 0. The summed E-state index contributed by atoms with van der Waals surface area (Å²) in [6.45, 7) is 6.10. The molecule has 1 saturated heterocycles. The van der Waals surface area contributed by atoms with Gasteiger partial charge in [0, 0.05) is 20.2 Å². The number of rotatable bonds is 5. The summed E-state index contributed by atoms with van der Waals surface area (Å²) >= 11 is 0. The van der Waals surface area contributed by atoms with Gasteiger partial charge in [0.25, 0.3) is 0 Å². The normalized spacial score (nSPS) is 19.9. The van der Waals surface area contributed by atoms with Gasteiger partial charge in [0.15, 0.2) is 0 Å². The van der Waals surface area contributed by atoms with Gasteiger partial charge < -0.3 is 4.74 Å². The highest BCUT2D eigenvalue weighted by Crippen LogP contribution is 2.21. The predicted octanol–water partition coefficient (Wildman–Crippen LogP) is 2.47. The zero-order valence-corrected chi connectivity index (χ0v) is 13.2. The molecular weight excluding hydrogens is 274 g/mol. The average Bonchev–Trinajstić information content (AvgIpc) is 2.91. The van der Waals surface area contributed by atoms with Gasteiger partial charge in [0.2, 0.25) is 10.0 Å². The van der Waals surface area contributed by atoms with Crippen LogP contribution in [0, 0.1) is 5.92 Å². The molecule has 4 nitrogen and oxygen atoms in total. The molecule has 0 spiro atoms. The van der Waals surface area contributed by atoms with Crippen molar-refractivity contribution in [2.75, 3.05) is 26.8 Å². The Morgan fingerprint density at radius 1 is 1.30 bits per heavy atom. The fourth-order valence-corrected chi connectivity index (χ4v) is 3.64. The summed E-state index contributed by atoms with van der Waals surface area (Å²) in [7, 11) is -1.75. The van der Waals surface area contributed by atoms with Crippen molar-refractivity contribution < 1.29 is 13.2 Å². The first-order valence-electron chi connectivity index (χ1n) is 7.05. The van der Waals surface area contributed by atoms with Crippen molar-refractivity contribution in [2.45, 2.75) is 31.1 Å². The Morgan fingerprint density at radius 3 is 2.45 bits per heavy atom. The molecule has 20 heavy (non-hydrogen) atoms. The van der Waals surface area contributed by atoms with Gasteiger partial charge in [-0.25, -0.2) is 12.7 Å². The maximum absolute atomic E-state index is 12.5. The monoisotopic (exact) mass is 297 g/mol. The summed E-state index contributed by atoms with van der Waals surface area (Å²) in [5, 5.41) is 0. The molecule has 0 amide bonds. The number of nitrogens with zero attached hydrogens (tertiary/aromatic N) is 1. The van der Waals surface area contributed by atoms with E-state index in [-0.39, 0.29) is 0 Å². The fourth-order valence-electron chi connectivity index (χ4n) is 2.39. The Hall–Kier alpha value is -0.910. The maximum Gasteiger partial charge on any atom is 0.242 e. The van der Waals surface area contributed by atoms with Crippen molar-refractivity contribution in [3.05, 3.63) is 29.8 Å². The molecule has 1 aliphatic rings. The minimum absolute atomic E-state index is 0.310. The van der Waals surface area contributed by atoms with Crippen LogP contribution in [0.2, 0.25) is 0 Å². The first-order valence-corrected chi connectivity index (χ1v) is 8.49. The Balaban J connectivity index is 2.11. The first-order chi connectivity index (χ1) is 9.41. The second kappa shape index (κ2) is 6.24. The van der Waals surface area contributed by atoms with Gasteiger partial charge in [-0.1, -0.05) is 26.0 Å². The van der Waals surface area contributed by atoms with Crippen molar-refractivity contribution in [2.24, 2.45) is 5.92 Å². The highest BCUT2D eigenvalue weighted by atomic mass is 32.2. The van der Waals surface area contributed by atoms with Crippen LogP contribution in [0.25, 0.3) is 0 Å². The lowest BCUT2D eigenvalue weighted by molar-refractivity contribution is 0.182. The van der Waals surface area contributed by atoms with E-state index in [4.69, 9.17) is 4.74 Å². The van der Waals surface area contributed by atoms with Crippen LogP contribution in [0.15, 0.2) is 29.2 Å². The quantitative estimate of drug-likeness (QED) is 0.839. The van der Waals surface area contributed by atoms with Crippen LogP contribution in [0.1, 0.15) is 31.7 Å². The van der Waals surface area contributed by atoms with E-state index in [9.17, 15) is 8.42 Å². The molecule has 1 heterocycles. The predicted molar refractivity (Wildman–Crippen MR) is 79.3 cm³/mol. The third kappa shape index (κ3) is 3.40. The van der Waals surface area contributed by atoms with Gasteiger partial charge in [-0.15, -0.1) is 0 Å². The first kappa shape index (κ1) is 15.5. The van der Waals surface area contributed by atoms with Crippen molar-refractivity contribution in [1.82, 2.24) is 4.31 Å². The number of ether oxygens (including phenoxy) is 1. The summed E-state index contributed by atoms with van der Waals surface area (Å²) < 4.78 is 31.7. The molecule has 0 N–H and O–H groups in total. The SMILES string of the molecule is CC(C)c1ccc(S(=O)(=O)N(C)CC2CCOC2)cc1. The van der Waals surface area contributed by atoms with E-state index >= 15 is 0 Å². The largest absolute Gasteiger partial charge is 0.381 e. The topological polar surface area (TPSA) is 46.6 Å². The summed E-state index contributed by atoms with van der Waals surface area (Å²) in [6, 6.07) is 7.19. The van der Waals surface area contributed by atoms with E-state index < -0.39 is 10.0 Å². The highest BCUT2D eigenvalue weighted by molar-refractivity contribution is 7.89. The smallest absolute Gasteiger partial charge is 0.242 e. The van der Waals surface area contributed by atoms with E-state index in [0.717, 1.165) is 18.6 Å². The molecule has 0 aliphatic carbocycles. The van der Waals surface area contributed by atoms with Gasteiger partial charge in [0.05, 0.1) is 11.5 Å². The third-order valence-corrected chi connectivity index (χ3v) is 5.63. The van der Waals surface area contributed by atoms with Crippen LogP contribution in [-0.4, -0.2) is 39.5 Å². The standard InChI is InChI=1S/C15H23NO3S/c1-12(2)14-4-6-15(7-5-14)20(17,18)16(3)10-13-8-9-19-11-13/h4-7,12-13H,8-11H2,1-3H3. The van der Waals surface area contributed by atoms with Crippen LogP contribution < -0.4 is 0 Å². The molecule has 0 bridgehead atoms. The van der Waals surface area contributed by atoms with Crippen LogP contribution in [0.5, 0.6) is 0 Å². The van der Waals surface area contributed by atoms with Crippen LogP contribution >= 0.6 is 0 Å². The molecule has 1 aliphatic heterocycles. The second-order valence-electron chi connectivity index (χ2n) is 5.74. The summed E-state index contributed by atoms with van der Waals surface area (Å²) in [6.07, 6.45) is 0.937. The molecular formula is C15H23NO3S. The van der Waals surface area contributed by atoms with Gasteiger partial charge in [0.1, 0.15) is 0 Å². The lowest BCUT2D eigenvalue weighted by Crippen LogP contribution is -2.32. The van der Waals surface area contributed by atoms with E-state index in [2.05, 4.69) is 13.8 Å². The zero-order valence-electron chi connectivity index (χ0n) is 12.4. The zero-order chi connectivity index (χ0) is 14.8. The fraction of sp³-hybridized carbons (Fsp3) is 0.600. The van der Waals surface area contributed by atoms with Crippen molar-refractivity contribution in [3.8, 4) is 0 Å². The molecule has 0 aromatic heterocycles. The van der Waals surface area contributed by atoms with Crippen molar-refractivity contribution >= 4 is 10.0 Å². The minimum Gasteiger partial charge on any atom is -0.381 e. The Labute approximate surface area is 121 Å². The van der Waals surface area contributed by atoms with Crippen molar-refractivity contribution in [1.29, 1.82) is 0 Å². The second-order valence-corrected chi connectivity index (χ2v) is 7.78. The molecule has 1 aromatic rings. The Bertz CT molecular complexity index is 531. The molecule has 112 valence electrons. The van der Waals surface area contributed by atoms with Crippen molar-refractivity contribution in [3.63, 3.8) is 0 Å². The summed E-state index contributed by atoms with van der Waals surface area (Å²) in [5.74, 6) is 0.713. The number of benzene rings is 1. The van der Waals surface area contributed by atoms with Gasteiger partial charge in [-0.05, 0) is 36.0 Å². The highest BCUT2D eigenvalue weighted by Gasteiger charge is 2.25. The molecule has 1 aromatic carbocycles. The maximum atomic E-state index is 12.5. The molecule has 0 saturated carbocycles. The minimum atomic E-state index is -3.39. The van der Waals surface area contributed by atoms with Gasteiger partial charge in [-0.2, -0.15) is 0 Å². The molecule has 1 atom stereocenters. The summed E-state index contributed by atoms with van der Waals surface area (Å²) in [5.41, 5.74) is 1.15. The van der Waals surface area contributed by atoms with Crippen LogP contribution in [0.3, 0.4) is 0 Å². The van der Waals surface area contributed by atoms with E-state index in [0.29, 0.717) is 29.9 Å².